The number of methoxy groups -OCH3 is 2. The van der Waals surface area contributed by atoms with Gasteiger partial charge in [-0.2, -0.15) is 4.98 Å². The molecule has 0 unspecified atom stereocenters. The Balaban J connectivity index is 1.43. The first-order valence-corrected chi connectivity index (χ1v) is 9.95. The topological polar surface area (TPSA) is 77.8 Å². The third-order valence-electron chi connectivity index (χ3n) is 4.50. The normalized spacial score (nSPS) is 10.8. The number of hydrogen-bond donors (Lipinski definition) is 1. The van der Waals surface area contributed by atoms with E-state index in [-0.39, 0.29) is 5.91 Å². The smallest absolute Gasteiger partial charge is 0.251 e. The van der Waals surface area contributed by atoms with E-state index in [0.717, 1.165) is 22.0 Å². The first kappa shape index (κ1) is 18.9. The zero-order valence-electron chi connectivity index (χ0n) is 16.1. The van der Waals surface area contributed by atoms with Crippen LogP contribution in [-0.4, -0.2) is 41.3 Å². The van der Waals surface area contributed by atoms with E-state index in [0.29, 0.717) is 30.1 Å². The van der Waals surface area contributed by atoms with E-state index in [4.69, 9.17) is 9.47 Å². The molecule has 148 valence electrons. The molecule has 29 heavy (non-hydrogen) atoms. The summed E-state index contributed by atoms with van der Waals surface area (Å²) in [5.41, 5.74) is 2.50. The fourth-order valence-electron chi connectivity index (χ4n) is 2.93. The predicted octanol–water partition coefficient (Wildman–Crippen LogP) is 3.45. The number of aromatic nitrogens is 3. The molecule has 1 N–H and O–H groups in total. The maximum Gasteiger partial charge on any atom is 0.251 e. The van der Waals surface area contributed by atoms with Gasteiger partial charge in [0.1, 0.15) is 11.5 Å². The molecule has 0 radical (unpaired) electrons. The third-order valence-corrected chi connectivity index (χ3v) is 5.36. The predicted molar refractivity (Wildman–Crippen MR) is 112 cm³/mol. The molecule has 2 aromatic carbocycles. The average molecular weight is 408 g/mol. The van der Waals surface area contributed by atoms with Crippen molar-refractivity contribution in [3.63, 3.8) is 0 Å². The van der Waals surface area contributed by atoms with Gasteiger partial charge in [0.05, 0.1) is 19.9 Å². The molecule has 7 nitrogen and oxygen atoms in total. The van der Waals surface area contributed by atoms with Crippen molar-refractivity contribution in [2.24, 2.45) is 0 Å². The molecule has 2 aromatic heterocycles. The highest BCUT2D eigenvalue weighted by atomic mass is 32.1. The lowest BCUT2D eigenvalue weighted by molar-refractivity contribution is 0.0953. The molecule has 0 fully saturated rings. The van der Waals surface area contributed by atoms with Gasteiger partial charge < -0.3 is 14.8 Å². The Hall–Kier alpha value is -3.39. The van der Waals surface area contributed by atoms with Gasteiger partial charge in [-0.05, 0) is 42.5 Å². The number of amides is 1. The van der Waals surface area contributed by atoms with Crippen LogP contribution < -0.4 is 14.8 Å². The molecular weight excluding hydrogens is 388 g/mol. The summed E-state index contributed by atoms with van der Waals surface area (Å²) in [7, 11) is 3.22. The number of fused-ring (bicyclic) bond motifs is 1. The maximum atomic E-state index is 12.3. The third kappa shape index (κ3) is 4.07. The SMILES string of the molecule is COc1ccc(-c2nc3scc(CCNC(=O)c4cccc(OC)c4)n3n2)cc1. The summed E-state index contributed by atoms with van der Waals surface area (Å²) >= 11 is 1.53. The summed E-state index contributed by atoms with van der Waals surface area (Å²) < 4.78 is 12.2. The van der Waals surface area contributed by atoms with Gasteiger partial charge in [0.25, 0.3) is 5.91 Å². The van der Waals surface area contributed by atoms with E-state index >= 15 is 0 Å². The molecule has 4 rings (SSSR count). The first-order chi connectivity index (χ1) is 14.2. The minimum Gasteiger partial charge on any atom is -0.497 e. The average Bonchev–Trinajstić information content (AvgIpc) is 3.35. The summed E-state index contributed by atoms with van der Waals surface area (Å²) in [6, 6.07) is 14.7. The van der Waals surface area contributed by atoms with Gasteiger partial charge in [-0.15, -0.1) is 16.4 Å². The van der Waals surface area contributed by atoms with Crippen molar-refractivity contribution in [1.82, 2.24) is 19.9 Å². The number of ether oxygens (including phenoxy) is 2. The van der Waals surface area contributed by atoms with Crippen LogP contribution in [0.15, 0.2) is 53.9 Å². The van der Waals surface area contributed by atoms with Gasteiger partial charge in [0.2, 0.25) is 4.96 Å². The second-order valence-corrected chi connectivity index (χ2v) is 7.16. The lowest BCUT2D eigenvalue weighted by Crippen LogP contribution is -2.26. The van der Waals surface area contributed by atoms with E-state index in [1.165, 1.54) is 11.3 Å². The monoisotopic (exact) mass is 408 g/mol. The molecule has 0 saturated carbocycles. The molecule has 4 aromatic rings. The molecule has 0 aliphatic rings. The molecule has 0 aliphatic carbocycles. The zero-order chi connectivity index (χ0) is 20.2. The van der Waals surface area contributed by atoms with E-state index in [2.05, 4.69) is 15.4 Å². The van der Waals surface area contributed by atoms with Crippen LogP contribution in [0.25, 0.3) is 16.3 Å². The van der Waals surface area contributed by atoms with Crippen molar-refractivity contribution in [3.8, 4) is 22.9 Å². The van der Waals surface area contributed by atoms with Crippen molar-refractivity contribution < 1.29 is 14.3 Å². The number of thiazole rings is 1. The minimum absolute atomic E-state index is 0.132. The number of benzene rings is 2. The minimum atomic E-state index is -0.132. The number of hydrogen-bond acceptors (Lipinski definition) is 6. The molecule has 1 amide bonds. The quantitative estimate of drug-likeness (QED) is 0.507. The Labute approximate surface area is 171 Å². The van der Waals surface area contributed by atoms with Crippen LogP contribution in [0.2, 0.25) is 0 Å². The van der Waals surface area contributed by atoms with E-state index in [1.54, 1.807) is 32.4 Å². The van der Waals surface area contributed by atoms with Gasteiger partial charge in [0.15, 0.2) is 5.82 Å². The van der Waals surface area contributed by atoms with Crippen LogP contribution in [-0.2, 0) is 6.42 Å². The largest absolute Gasteiger partial charge is 0.497 e. The Kier molecular flexibility index (Phi) is 5.44. The molecule has 2 heterocycles. The highest BCUT2D eigenvalue weighted by molar-refractivity contribution is 7.15. The molecule has 0 spiro atoms. The van der Waals surface area contributed by atoms with Crippen LogP contribution in [0, 0.1) is 0 Å². The molecule has 0 atom stereocenters. The van der Waals surface area contributed by atoms with Crippen molar-refractivity contribution >= 4 is 22.2 Å². The number of carbonyl (C=O) groups is 1. The number of nitrogens with one attached hydrogen (secondary N) is 1. The number of nitrogens with zero attached hydrogens (tertiary/aromatic N) is 3. The molecule has 0 saturated heterocycles. The van der Waals surface area contributed by atoms with Crippen molar-refractivity contribution in [1.29, 1.82) is 0 Å². The summed E-state index contributed by atoms with van der Waals surface area (Å²) in [6.45, 7) is 0.500. The lowest BCUT2D eigenvalue weighted by Gasteiger charge is -2.06. The Bertz CT molecular complexity index is 1130. The highest BCUT2D eigenvalue weighted by Gasteiger charge is 2.12. The second kappa shape index (κ2) is 8.32. The van der Waals surface area contributed by atoms with Crippen LogP contribution >= 0.6 is 11.3 Å². The number of rotatable bonds is 7. The van der Waals surface area contributed by atoms with Gasteiger partial charge >= 0.3 is 0 Å². The molecular formula is C21H20N4O3S. The summed E-state index contributed by atoms with van der Waals surface area (Å²) in [5.74, 6) is 1.99. The van der Waals surface area contributed by atoms with Gasteiger partial charge in [0, 0.05) is 29.5 Å². The fourth-order valence-corrected chi connectivity index (χ4v) is 3.79. The van der Waals surface area contributed by atoms with Crippen molar-refractivity contribution in [2.75, 3.05) is 20.8 Å². The zero-order valence-corrected chi connectivity index (χ0v) is 16.9. The lowest BCUT2D eigenvalue weighted by atomic mass is 10.2. The second-order valence-electron chi connectivity index (χ2n) is 6.32. The summed E-state index contributed by atoms with van der Waals surface area (Å²) in [5, 5.41) is 9.58. The maximum absolute atomic E-state index is 12.3. The van der Waals surface area contributed by atoms with E-state index < -0.39 is 0 Å². The Morgan fingerprint density at radius 1 is 1.10 bits per heavy atom. The molecule has 0 bridgehead atoms. The Morgan fingerprint density at radius 2 is 1.90 bits per heavy atom. The summed E-state index contributed by atoms with van der Waals surface area (Å²) in [4.78, 5) is 17.8. The molecule has 8 heteroatoms. The van der Waals surface area contributed by atoms with Gasteiger partial charge in [-0.1, -0.05) is 6.07 Å². The summed E-state index contributed by atoms with van der Waals surface area (Å²) in [6.07, 6.45) is 0.654. The number of carbonyl (C=O) groups excluding carboxylic acids is 1. The van der Waals surface area contributed by atoms with Gasteiger partial charge in [-0.25, -0.2) is 4.52 Å². The fraction of sp³-hybridized carbons (Fsp3) is 0.190. The van der Waals surface area contributed by atoms with Gasteiger partial charge in [-0.3, -0.25) is 4.79 Å². The first-order valence-electron chi connectivity index (χ1n) is 9.08. The van der Waals surface area contributed by atoms with E-state index in [9.17, 15) is 4.79 Å². The van der Waals surface area contributed by atoms with E-state index in [1.807, 2.05) is 40.2 Å². The standard InChI is InChI=1S/C21H20N4O3S/c1-27-17-8-6-14(7-9-17)19-23-21-25(24-19)16(13-29-21)10-11-22-20(26)15-4-3-5-18(12-15)28-2/h3-9,12-13H,10-11H2,1-2H3,(H,22,26). The van der Waals surface area contributed by atoms with Crippen LogP contribution in [0.5, 0.6) is 11.5 Å². The molecule has 0 aliphatic heterocycles. The van der Waals surface area contributed by atoms with Crippen LogP contribution in [0.1, 0.15) is 16.1 Å². The highest BCUT2D eigenvalue weighted by Crippen LogP contribution is 2.23. The Morgan fingerprint density at radius 3 is 2.66 bits per heavy atom. The van der Waals surface area contributed by atoms with Crippen LogP contribution in [0.4, 0.5) is 0 Å². The van der Waals surface area contributed by atoms with Crippen LogP contribution in [0.3, 0.4) is 0 Å². The van der Waals surface area contributed by atoms with Crippen molar-refractivity contribution in [2.45, 2.75) is 6.42 Å². The van der Waals surface area contributed by atoms with Crippen molar-refractivity contribution in [3.05, 3.63) is 65.2 Å².